The predicted octanol–water partition coefficient (Wildman–Crippen LogP) is 1.93. The van der Waals surface area contributed by atoms with Gasteiger partial charge in [-0.15, -0.1) is 5.10 Å². The van der Waals surface area contributed by atoms with E-state index in [-0.39, 0.29) is 30.6 Å². The maximum Gasteiger partial charge on any atom is 0.437 e. The standard InChI is InChI=1S/C20H22N4O4/c1-14-11-23(12-15(2)27-14)18(25)13-24-20(26)28-19(21-24)16-6-5-7-17(10-16)22-8-3-4-9-22/h3-10,14-15H,11-13H2,1-2H3/t14-,15-/m1/s1. The van der Waals surface area contributed by atoms with E-state index >= 15 is 0 Å². The summed E-state index contributed by atoms with van der Waals surface area (Å²) in [4.78, 5) is 26.5. The summed E-state index contributed by atoms with van der Waals surface area (Å²) in [5, 5.41) is 4.22. The second-order valence-electron chi connectivity index (χ2n) is 7.03. The molecule has 1 fully saturated rings. The van der Waals surface area contributed by atoms with Crippen LogP contribution in [-0.4, -0.2) is 50.5 Å². The number of aromatic nitrogens is 3. The first-order valence-electron chi connectivity index (χ1n) is 9.24. The van der Waals surface area contributed by atoms with Crippen molar-refractivity contribution in [3.63, 3.8) is 0 Å². The summed E-state index contributed by atoms with van der Waals surface area (Å²) in [6, 6.07) is 11.4. The molecule has 3 heterocycles. The van der Waals surface area contributed by atoms with E-state index in [1.165, 1.54) is 0 Å². The Morgan fingerprint density at radius 2 is 1.86 bits per heavy atom. The van der Waals surface area contributed by atoms with E-state index in [2.05, 4.69) is 5.10 Å². The highest BCUT2D eigenvalue weighted by Crippen LogP contribution is 2.19. The van der Waals surface area contributed by atoms with E-state index in [0.717, 1.165) is 10.4 Å². The summed E-state index contributed by atoms with van der Waals surface area (Å²) in [5.74, 6) is -0.635. The van der Waals surface area contributed by atoms with Crippen LogP contribution in [0.3, 0.4) is 0 Å². The van der Waals surface area contributed by atoms with Gasteiger partial charge in [0.15, 0.2) is 0 Å². The molecule has 1 aliphatic rings. The molecule has 1 aliphatic heterocycles. The molecule has 0 radical (unpaired) electrons. The number of amides is 1. The van der Waals surface area contributed by atoms with Crippen LogP contribution >= 0.6 is 0 Å². The van der Waals surface area contributed by atoms with E-state index in [0.29, 0.717) is 18.7 Å². The fourth-order valence-corrected chi connectivity index (χ4v) is 3.44. The maximum atomic E-state index is 12.6. The van der Waals surface area contributed by atoms with Gasteiger partial charge in [-0.25, -0.2) is 4.79 Å². The first-order chi connectivity index (χ1) is 13.5. The third kappa shape index (κ3) is 3.77. The Labute approximate surface area is 161 Å². The summed E-state index contributed by atoms with van der Waals surface area (Å²) < 4.78 is 14.0. The minimum absolute atomic E-state index is 0.0336. The van der Waals surface area contributed by atoms with Gasteiger partial charge in [-0.1, -0.05) is 6.07 Å². The number of ether oxygens (including phenoxy) is 1. The van der Waals surface area contributed by atoms with Crippen molar-refractivity contribution in [1.29, 1.82) is 0 Å². The normalized spacial score (nSPS) is 19.7. The van der Waals surface area contributed by atoms with Crippen molar-refractivity contribution < 1.29 is 13.9 Å². The van der Waals surface area contributed by atoms with Gasteiger partial charge in [0.1, 0.15) is 6.54 Å². The van der Waals surface area contributed by atoms with Crippen molar-refractivity contribution in [2.45, 2.75) is 32.6 Å². The third-order valence-corrected chi connectivity index (χ3v) is 4.66. The number of carbonyl (C=O) groups excluding carboxylic acids is 1. The van der Waals surface area contributed by atoms with E-state index < -0.39 is 5.76 Å². The van der Waals surface area contributed by atoms with Crippen molar-refractivity contribution in [2.24, 2.45) is 0 Å². The quantitative estimate of drug-likeness (QED) is 0.689. The van der Waals surface area contributed by atoms with Crippen molar-refractivity contribution in [3.8, 4) is 17.1 Å². The average Bonchev–Trinajstić information content (AvgIpc) is 3.32. The van der Waals surface area contributed by atoms with Gasteiger partial charge in [-0.05, 0) is 44.2 Å². The number of hydrogen-bond acceptors (Lipinski definition) is 5. The number of benzene rings is 1. The molecule has 146 valence electrons. The number of nitrogens with zero attached hydrogens (tertiary/aromatic N) is 4. The Bertz CT molecular complexity index is 1010. The topological polar surface area (TPSA) is 82.5 Å². The SMILES string of the molecule is C[C@@H]1CN(C(=O)Cn2nc(-c3cccc(-n4cccc4)c3)oc2=O)C[C@@H](C)O1. The molecule has 0 spiro atoms. The Balaban J connectivity index is 1.54. The second-order valence-corrected chi connectivity index (χ2v) is 7.03. The Kier molecular flexibility index (Phi) is 4.87. The molecule has 2 atom stereocenters. The molecule has 1 aromatic carbocycles. The minimum atomic E-state index is -0.649. The molecule has 28 heavy (non-hydrogen) atoms. The molecular weight excluding hydrogens is 360 g/mol. The molecule has 2 aromatic heterocycles. The molecule has 0 unspecified atom stereocenters. The molecule has 0 saturated carbocycles. The lowest BCUT2D eigenvalue weighted by atomic mass is 10.2. The molecule has 1 saturated heterocycles. The smallest absolute Gasteiger partial charge is 0.388 e. The summed E-state index contributed by atoms with van der Waals surface area (Å²) in [6.45, 7) is 4.70. The molecule has 8 heteroatoms. The monoisotopic (exact) mass is 382 g/mol. The van der Waals surface area contributed by atoms with Gasteiger partial charge in [0, 0.05) is 36.7 Å². The lowest BCUT2D eigenvalue weighted by Gasteiger charge is -2.35. The first kappa shape index (κ1) is 18.2. The molecule has 8 nitrogen and oxygen atoms in total. The molecule has 0 aliphatic carbocycles. The summed E-state index contributed by atoms with van der Waals surface area (Å²) in [6.07, 6.45) is 3.79. The molecule has 0 N–H and O–H groups in total. The van der Waals surface area contributed by atoms with Gasteiger partial charge in [-0.3, -0.25) is 4.79 Å². The first-order valence-corrected chi connectivity index (χ1v) is 9.24. The number of carbonyl (C=O) groups is 1. The van der Waals surface area contributed by atoms with Crippen molar-refractivity contribution in [2.75, 3.05) is 13.1 Å². The Hall–Kier alpha value is -3.13. The average molecular weight is 382 g/mol. The number of hydrogen-bond donors (Lipinski definition) is 0. The molecule has 4 rings (SSSR count). The van der Waals surface area contributed by atoms with Crippen LogP contribution in [-0.2, 0) is 16.1 Å². The van der Waals surface area contributed by atoms with Gasteiger partial charge < -0.3 is 18.6 Å². The van der Waals surface area contributed by atoms with Crippen LogP contribution < -0.4 is 5.76 Å². The van der Waals surface area contributed by atoms with E-state index in [1.54, 1.807) is 4.90 Å². The summed E-state index contributed by atoms with van der Waals surface area (Å²) in [5.41, 5.74) is 1.59. The number of morpholine rings is 1. The van der Waals surface area contributed by atoms with Crippen LogP contribution in [0.2, 0.25) is 0 Å². The fraction of sp³-hybridized carbons (Fsp3) is 0.350. The van der Waals surface area contributed by atoms with Crippen molar-refractivity contribution >= 4 is 5.91 Å². The van der Waals surface area contributed by atoms with Crippen LogP contribution in [0.4, 0.5) is 0 Å². The second kappa shape index (κ2) is 7.47. The van der Waals surface area contributed by atoms with Crippen LogP contribution in [0.1, 0.15) is 13.8 Å². The largest absolute Gasteiger partial charge is 0.437 e. The van der Waals surface area contributed by atoms with E-state index in [9.17, 15) is 9.59 Å². The van der Waals surface area contributed by atoms with Crippen LogP contribution in [0.5, 0.6) is 0 Å². The van der Waals surface area contributed by atoms with Crippen molar-refractivity contribution in [1.82, 2.24) is 19.2 Å². The zero-order valence-electron chi connectivity index (χ0n) is 15.8. The lowest BCUT2D eigenvalue weighted by Crippen LogP contribution is -2.49. The Morgan fingerprint density at radius 1 is 1.14 bits per heavy atom. The van der Waals surface area contributed by atoms with Gasteiger partial charge in [0.25, 0.3) is 0 Å². The minimum Gasteiger partial charge on any atom is -0.388 e. The maximum absolute atomic E-state index is 12.6. The molecule has 0 bridgehead atoms. The third-order valence-electron chi connectivity index (χ3n) is 4.66. The van der Waals surface area contributed by atoms with Gasteiger partial charge in [0.2, 0.25) is 11.8 Å². The van der Waals surface area contributed by atoms with Gasteiger partial charge in [0.05, 0.1) is 12.2 Å². The summed E-state index contributed by atoms with van der Waals surface area (Å²) >= 11 is 0. The van der Waals surface area contributed by atoms with E-state index in [4.69, 9.17) is 9.15 Å². The lowest BCUT2D eigenvalue weighted by molar-refractivity contribution is -0.144. The highest BCUT2D eigenvalue weighted by molar-refractivity contribution is 5.76. The highest BCUT2D eigenvalue weighted by Gasteiger charge is 2.26. The van der Waals surface area contributed by atoms with Gasteiger partial charge in [-0.2, -0.15) is 4.68 Å². The number of rotatable bonds is 4. The van der Waals surface area contributed by atoms with Crippen LogP contribution in [0.25, 0.3) is 17.1 Å². The predicted molar refractivity (Wildman–Crippen MR) is 102 cm³/mol. The zero-order chi connectivity index (χ0) is 19.7. The van der Waals surface area contributed by atoms with Gasteiger partial charge >= 0.3 is 5.76 Å². The van der Waals surface area contributed by atoms with Crippen LogP contribution in [0.15, 0.2) is 58.0 Å². The fourth-order valence-electron chi connectivity index (χ4n) is 3.44. The zero-order valence-corrected chi connectivity index (χ0v) is 15.8. The summed E-state index contributed by atoms with van der Waals surface area (Å²) in [7, 11) is 0. The molecule has 3 aromatic rings. The van der Waals surface area contributed by atoms with Crippen LogP contribution in [0, 0.1) is 0 Å². The molecule has 1 amide bonds. The Morgan fingerprint density at radius 3 is 2.57 bits per heavy atom. The van der Waals surface area contributed by atoms with E-state index in [1.807, 2.05) is 67.2 Å². The highest BCUT2D eigenvalue weighted by atomic mass is 16.5. The van der Waals surface area contributed by atoms with Crippen molar-refractivity contribution in [3.05, 3.63) is 59.3 Å². The molecular formula is C20H22N4O4.